The van der Waals surface area contributed by atoms with Crippen LogP contribution in [0.15, 0.2) is 24.3 Å². The molecule has 0 atom stereocenters. The monoisotopic (exact) mass is 489 g/mol. The van der Waals surface area contributed by atoms with Crippen LogP contribution in [0.1, 0.15) is 49.8 Å². The SMILES string of the molecule is CCOC(=O)c1cc(CC)sc1NC(=O)COC(=O)CN1C(=O)c2cccc([N+](=O)[O-])c2C1=O. The van der Waals surface area contributed by atoms with E-state index in [1.54, 1.807) is 13.0 Å². The molecule has 0 bridgehead atoms. The van der Waals surface area contributed by atoms with Gasteiger partial charge in [0.05, 0.1) is 22.7 Å². The maximum absolute atomic E-state index is 12.5. The first-order valence-corrected chi connectivity index (χ1v) is 10.9. The number of anilines is 1. The number of benzene rings is 1. The number of ether oxygens (including phenoxy) is 2. The van der Waals surface area contributed by atoms with Crippen LogP contribution in [0, 0.1) is 10.1 Å². The number of thiophene rings is 1. The van der Waals surface area contributed by atoms with E-state index < -0.39 is 59.0 Å². The molecule has 0 saturated carbocycles. The quantitative estimate of drug-likeness (QED) is 0.241. The van der Waals surface area contributed by atoms with Gasteiger partial charge in [0, 0.05) is 10.9 Å². The highest BCUT2D eigenvalue weighted by Crippen LogP contribution is 2.31. The van der Waals surface area contributed by atoms with E-state index in [1.807, 2.05) is 6.92 Å². The molecule has 2 heterocycles. The molecule has 1 aromatic carbocycles. The van der Waals surface area contributed by atoms with E-state index >= 15 is 0 Å². The van der Waals surface area contributed by atoms with Gasteiger partial charge in [0.1, 0.15) is 17.1 Å². The Labute approximate surface area is 196 Å². The summed E-state index contributed by atoms with van der Waals surface area (Å²) >= 11 is 1.17. The second kappa shape index (κ2) is 10.2. The van der Waals surface area contributed by atoms with Crippen molar-refractivity contribution in [3.05, 3.63) is 55.9 Å². The number of carbonyl (C=O) groups excluding carboxylic acids is 5. The molecule has 3 rings (SSSR count). The molecule has 1 aromatic heterocycles. The molecule has 12 nitrogen and oxygen atoms in total. The van der Waals surface area contributed by atoms with Gasteiger partial charge >= 0.3 is 11.9 Å². The fraction of sp³-hybridized carbons (Fsp3) is 0.286. The van der Waals surface area contributed by atoms with Crippen LogP contribution >= 0.6 is 11.3 Å². The predicted molar refractivity (Wildman–Crippen MR) is 118 cm³/mol. The Morgan fingerprint density at radius 3 is 2.53 bits per heavy atom. The van der Waals surface area contributed by atoms with Crippen molar-refractivity contribution in [2.24, 2.45) is 0 Å². The third-order valence-corrected chi connectivity index (χ3v) is 5.90. The van der Waals surface area contributed by atoms with Crippen molar-refractivity contribution in [2.45, 2.75) is 20.3 Å². The smallest absolute Gasteiger partial charge is 0.341 e. The number of imide groups is 1. The molecular weight excluding hydrogens is 470 g/mol. The highest BCUT2D eigenvalue weighted by atomic mass is 32.1. The molecule has 1 N–H and O–H groups in total. The topological polar surface area (TPSA) is 162 Å². The average molecular weight is 489 g/mol. The first-order valence-electron chi connectivity index (χ1n) is 10.1. The number of esters is 2. The fourth-order valence-electron chi connectivity index (χ4n) is 3.16. The van der Waals surface area contributed by atoms with Crippen molar-refractivity contribution in [3.8, 4) is 0 Å². The zero-order valence-corrected chi connectivity index (χ0v) is 18.9. The van der Waals surface area contributed by atoms with Crippen molar-refractivity contribution in [1.82, 2.24) is 4.90 Å². The maximum atomic E-state index is 12.5. The summed E-state index contributed by atoms with van der Waals surface area (Å²) in [6, 6.07) is 5.18. The van der Waals surface area contributed by atoms with Crippen LogP contribution in [-0.2, 0) is 25.5 Å². The van der Waals surface area contributed by atoms with Crippen LogP contribution in [0.25, 0.3) is 0 Å². The molecule has 13 heteroatoms. The van der Waals surface area contributed by atoms with E-state index in [0.717, 1.165) is 10.9 Å². The normalized spacial score (nSPS) is 12.4. The number of hydrogen-bond acceptors (Lipinski definition) is 10. The molecule has 1 aliphatic heterocycles. The molecule has 2 aromatic rings. The van der Waals surface area contributed by atoms with E-state index in [4.69, 9.17) is 9.47 Å². The number of hydrogen-bond donors (Lipinski definition) is 1. The summed E-state index contributed by atoms with van der Waals surface area (Å²) < 4.78 is 9.82. The van der Waals surface area contributed by atoms with Gasteiger partial charge in [-0.1, -0.05) is 13.0 Å². The first-order chi connectivity index (χ1) is 16.2. The van der Waals surface area contributed by atoms with Crippen molar-refractivity contribution in [2.75, 3.05) is 25.1 Å². The van der Waals surface area contributed by atoms with Crippen molar-refractivity contribution >= 4 is 51.7 Å². The molecule has 0 spiro atoms. The Bertz CT molecular complexity index is 1200. The van der Waals surface area contributed by atoms with Crippen molar-refractivity contribution < 1.29 is 38.4 Å². The largest absolute Gasteiger partial charge is 0.462 e. The zero-order valence-electron chi connectivity index (χ0n) is 18.1. The molecule has 0 unspecified atom stereocenters. The molecule has 0 aliphatic carbocycles. The van der Waals surface area contributed by atoms with Crippen LogP contribution in [0.4, 0.5) is 10.7 Å². The van der Waals surface area contributed by atoms with Gasteiger partial charge in [-0.25, -0.2) is 4.79 Å². The van der Waals surface area contributed by atoms with Gasteiger partial charge in [0.25, 0.3) is 23.4 Å². The van der Waals surface area contributed by atoms with E-state index in [1.165, 1.54) is 23.5 Å². The highest BCUT2D eigenvalue weighted by molar-refractivity contribution is 7.16. The summed E-state index contributed by atoms with van der Waals surface area (Å²) in [7, 11) is 0. The summed E-state index contributed by atoms with van der Waals surface area (Å²) in [5.41, 5.74) is -0.971. The molecule has 0 saturated heterocycles. The summed E-state index contributed by atoms with van der Waals surface area (Å²) in [6.07, 6.45) is 0.625. The molecule has 3 amide bonds. The number of nitro benzene ring substituents is 1. The first kappa shape index (κ1) is 24.5. The highest BCUT2D eigenvalue weighted by Gasteiger charge is 2.42. The second-order valence-corrected chi connectivity index (χ2v) is 8.03. The van der Waals surface area contributed by atoms with Crippen LogP contribution in [-0.4, -0.2) is 59.2 Å². The molecule has 0 radical (unpaired) electrons. The van der Waals surface area contributed by atoms with E-state index in [0.29, 0.717) is 11.3 Å². The number of aryl methyl sites for hydroxylation is 1. The van der Waals surface area contributed by atoms with Gasteiger partial charge in [-0.15, -0.1) is 11.3 Å². The van der Waals surface area contributed by atoms with Crippen LogP contribution < -0.4 is 5.32 Å². The molecule has 1 aliphatic rings. The van der Waals surface area contributed by atoms with Gasteiger partial charge in [0.2, 0.25) is 0 Å². The molecule has 34 heavy (non-hydrogen) atoms. The number of rotatable bonds is 9. The minimum atomic E-state index is -1.07. The molecular formula is C21H19N3O9S. The minimum Gasteiger partial charge on any atom is -0.462 e. The number of amides is 3. The van der Waals surface area contributed by atoms with Crippen LogP contribution in [0.3, 0.4) is 0 Å². The van der Waals surface area contributed by atoms with E-state index in [2.05, 4.69) is 5.32 Å². The lowest BCUT2D eigenvalue weighted by atomic mass is 10.1. The summed E-state index contributed by atoms with van der Waals surface area (Å²) in [4.78, 5) is 73.2. The van der Waals surface area contributed by atoms with E-state index in [9.17, 15) is 34.1 Å². The third-order valence-electron chi connectivity index (χ3n) is 4.71. The van der Waals surface area contributed by atoms with E-state index in [-0.39, 0.29) is 22.7 Å². The molecule has 178 valence electrons. The van der Waals surface area contributed by atoms with Gasteiger partial charge in [0.15, 0.2) is 6.61 Å². The Hall–Kier alpha value is -4.13. The Balaban J connectivity index is 1.61. The van der Waals surface area contributed by atoms with Crippen LogP contribution in [0.5, 0.6) is 0 Å². The number of carbonyl (C=O) groups is 5. The summed E-state index contributed by atoms with van der Waals surface area (Å²) in [5.74, 6) is -4.31. The van der Waals surface area contributed by atoms with Crippen molar-refractivity contribution in [1.29, 1.82) is 0 Å². The average Bonchev–Trinajstić information content (AvgIpc) is 3.32. The number of nitrogens with one attached hydrogen (secondary N) is 1. The fourth-order valence-corrected chi connectivity index (χ4v) is 4.16. The van der Waals surface area contributed by atoms with Gasteiger partial charge in [-0.2, -0.15) is 0 Å². The third kappa shape index (κ3) is 4.93. The Morgan fingerprint density at radius 2 is 1.88 bits per heavy atom. The lowest BCUT2D eigenvalue weighted by molar-refractivity contribution is -0.385. The lowest BCUT2D eigenvalue weighted by Crippen LogP contribution is -2.36. The molecule has 0 fully saturated rings. The van der Waals surface area contributed by atoms with Gasteiger partial charge in [-0.05, 0) is 25.5 Å². The van der Waals surface area contributed by atoms with Crippen LogP contribution in [0.2, 0.25) is 0 Å². The predicted octanol–water partition coefficient (Wildman–Crippen LogP) is 2.17. The van der Waals surface area contributed by atoms with Gasteiger partial charge in [-0.3, -0.25) is 34.2 Å². The Kier molecular flexibility index (Phi) is 7.36. The summed E-state index contributed by atoms with van der Waals surface area (Å²) in [6.45, 7) is 2.10. The minimum absolute atomic E-state index is 0.155. The number of nitro groups is 1. The van der Waals surface area contributed by atoms with Gasteiger partial charge < -0.3 is 14.8 Å². The number of nitrogens with zero attached hydrogens (tertiary/aromatic N) is 2. The maximum Gasteiger partial charge on any atom is 0.341 e. The standard InChI is InChI=1S/C21H19N3O9S/c1-3-11-8-13(21(29)32-4-2)18(34-11)22-15(25)10-33-16(26)9-23-19(27)12-6-5-7-14(24(30)31)17(12)20(23)28/h5-8H,3-4,9-10H2,1-2H3,(H,22,25). The Morgan fingerprint density at radius 1 is 1.15 bits per heavy atom. The number of fused-ring (bicyclic) bond motifs is 1. The van der Waals surface area contributed by atoms with Crippen molar-refractivity contribution in [3.63, 3.8) is 0 Å². The second-order valence-electron chi connectivity index (χ2n) is 6.89. The zero-order chi connectivity index (χ0) is 25.0. The summed E-state index contributed by atoms with van der Waals surface area (Å²) in [5, 5.41) is 13.9. The lowest BCUT2D eigenvalue weighted by Gasteiger charge is -2.13.